The maximum atomic E-state index is 11.8. The molecule has 1 aromatic carbocycles. The van der Waals surface area contributed by atoms with Crippen molar-refractivity contribution < 1.29 is 4.79 Å². The number of aromatic nitrogens is 1. The highest BCUT2D eigenvalue weighted by molar-refractivity contribution is 7.09. The Balaban J connectivity index is 1.95. The minimum atomic E-state index is 0.182. The lowest BCUT2D eigenvalue weighted by Crippen LogP contribution is -2.06. The van der Waals surface area contributed by atoms with E-state index in [0.717, 1.165) is 16.3 Å². The van der Waals surface area contributed by atoms with Gasteiger partial charge in [0.25, 0.3) is 0 Å². The van der Waals surface area contributed by atoms with Gasteiger partial charge in [0.2, 0.25) is 0 Å². The van der Waals surface area contributed by atoms with Crippen LogP contribution in [0.2, 0.25) is 5.02 Å². The van der Waals surface area contributed by atoms with Gasteiger partial charge in [0, 0.05) is 22.5 Å². The molecule has 4 heteroatoms. The highest BCUT2D eigenvalue weighted by atomic mass is 35.5. The Morgan fingerprint density at radius 2 is 2.00 bits per heavy atom. The van der Waals surface area contributed by atoms with Crippen LogP contribution < -0.4 is 0 Å². The van der Waals surface area contributed by atoms with Gasteiger partial charge in [0.1, 0.15) is 10.8 Å². The molecule has 2 rings (SSSR count). The van der Waals surface area contributed by atoms with Gasteiger partial charge in [0.05, 0.1) is 6.42 Å². The van der Waals surface area contributed by atoms with E-state index in [2.05, 4.69) is 4.98 Å². The number of carbonyl (C=O) groups is 1. The number of benzene rings is 1. The van der Waals surface area contributed by atoms with Crippen molar-refractivity contribution in [2.45, 2.75) is 19.8 Å². The van der Waals surface area contributed by atoms with E-state index in [4.69, 9.17) is 11.6 Å². The van der Waals surface area contributed by atoms with Gasteiger partial charge in [0.15, 0.2) is 0 Å². The quantitative estimate of drug-likeness (QED) is 0.847. The summed E-state index contributed by atoms with van der Waals surface area (Å²) in [5, 5.41) is 3.54. The summed E-state index contributed by atoms with van der Waals surface area (Å²) < 4.78 is 0. The smallest absolute Gasteiger partial charge is 0.144 e. The van der Waals surface area contributed by atoms with Crippen LogP contribution in [0, 0.1) is 6.92 Å². The first kappa shape index (κ1) is 12.3. The molecule has 0 atom stereocenters. The average molecular weight is 266 g/mol. The van der Waals surface area contributed by atoms with Crippen molar-refractivity contribution in [2.75, 3.05) is 0 Å². The van der Waals surface area contributed by atoms with Crippen molar-refractivity contribution in [3.05, 3.63) is 50.9 Å². The summed E-state index contributed by atoms with van der Waals surface area (Å²) in [6.45, 7) is 1.93. The molecule has 0 unspecified atom stereocenters. The van der Waals surface area contributed by atoms with E-state index >= 15 is 0 Å². The fourth-order valence-corrected chi connectivity index (χ4v) is 2.47. The number of hydrogen-bond acceptors (Lipinski definition) is 3. The van der Waals surface area contributed by atoms with Gasteiger partial charge in [-0.05, 0) is 24.6 Å². The molecule has 17 heavy (non-hydrogen) atoms. The molecule has 88 valence electrons. The van der Waals surface area contributed by atoms with Crippen LogP contribution in [0.3, 0.4) is 0 Å². The number of hydrogen-bond donors (Lipinski definition) is 0. The normalized spacial score (nSPS) is 10.5. The molecule has 1 heterocycles. The summed E-state index contributed by atoms with van der Waals surface area (Å²) in [6, 6.07) is 7.37. The zero-order valence-corrected chi connectivity index (χ0v) is 11.0. The number of carbonyl (C=O) groups excluding carboxylic acids is 1. The number of thiazole rings is 1. The molecule has 0 saturated carbocycles. The Labute approximate surface area is 109 Å². The molecular weight excluding hydrogens is 254 g/mol. The van der Waals surface area contributed by atoms with Crippen LogP contribution in [0.1, 0.15) is 16.3 Å². The number of aryl methyl sites for hydroxylation is 1. The minimum Gasteiger partial charge on any atom is -0.299 e. The predicted octanol–water partition coefficient (Wildman–Crippen LogP) is 3.46. The van der Waals surface area contributed by atoms with Crippen molar-refractivity contribution in [1.82, 2.24) is 4.98 Å². The summed E-state index contributed by atoms with van der Waals surface area (Å²) in [7, 11) is 0. The van der Waals surface area contributed by atoms with Gasteiger partial charge in [-0.1, -0.05) is 23.7 Å². The third-order valence-electron chi connectivity index (χ3n) is 2.33. The van der Waals surface area contributed by atoms with Gasteiger partial charge >= 0.3 is 0 Å². The van der Waals surface area contributed by atoms with Crippen LogP contribution in [0.5, 0.6) is 0 Å². The molecule has 0 aliphatic carbocycles. The molecule has 0 aliphatic heterocycles. The Bertz CT molecular complexity index is 518. The molecular formula is C13H12ClNOS. The predicted molar refractivity (Wildman–Crippen MR) is 70.7 cm³/mol. The second-order valence-corrected chi connectivity index (χ2v) is 5.28. The van der Waals surface area contributed by atoms with Crippen molar-refractivity contribution in [3.63, 3.8) is 0 Å². The van der Waals surface area contributed by atoms with Crippen molar-refractivity contribution in [2.24, 2.45) is 0 Å². The van der Waals surface area contributed by atoms with E-state index in [0.29, 0.717) is 17.9 Å². The van der Waals surface area contributed by atoms with Crippen LogP contribution in [0.4, 0.5) is 0 Å². The number of ketones is 1. The van der Waals surface area contributed by atoms with Gasteiger partial charge in [-0.2, -0.15) is 0 Å². The number of halogens is 1. The van der Waals surface area contributed by atoms with Crippen LogP contribution in [-0.2, 0) is 17.6 Å². The standard InChI is InChI=1S/C13H12ClNOS/c1-9-8-17-13(15-9)7-12(16)6-10-2-4-11(14)5-3-10/h2-5,8H,6-7H2,1H3. The molecule has 2 aromatic rings. The SMILES string of the molecule is Cc1csc(CC(=O)Cc2ccc(Cl)cc2)n1. The lowest BCUT2D eigenvalue weighted by molar-refractivity contribution is -0.117. The first-order chi connectivity index (χ1) is 8.13. The monoisotopic (exact) mass is 265 g/mol. The van der Waals surface area contributed by atoms with E-state index in [1.807, 2.05) is 24.4 Å². The zero-order valence-electron chi connectivity index (χ0n) is 9.44. The van der Waals surface area contributed by atoms with E-state index in [1.165, 1.54) is 11.3 Å². The fourth-order valence-electron chi connectivity index (χ4n) is 1.54. The Morgan fingerprint density at radius 1 is 1.29 bits per heavy atom. The van der Waals surface area contributed by atoms with Crippen LogP contribution >= 0.6 is 22.9 Å². The average Bonchev–Trinajstić information content (AvgIpc) is 2.67. The first-order valence-electron chi connectivity index (χ1n) is 5.30. The molecule has 0 saturated heterocycles. The zero-order chi connectivity index (χ0) is 12.3. The second kappa shape index (κ2) is 5.43. The number of rotatable bonds is 4. The Hall–Kier alpha value is -1.19. The van der Waals surface area contributed by atoms with Gasteiger partial charge in [-0.25, -0.2) is 4.98 Å². The maximum Gasteiger partial charge on any atom is 0.144 e. The summed E-state index contributed by atoms with van der Waals surface area (Å²) >= 11 is 7.33. The lowest BCUT2D eigenvalue weighted by atomic mass is 10.1. The molecule has 1 aromatic heterocycles. The molecule has 0 spiro atoms. The molecule has 0 fully saturated rings. The molecule has 0 aliphatic rings. The maximum absolute atomic E-state index is 11.8. The Morgan fingerprint density at radius 3 is 2.59 bits per heavy atom. The van der Waals surface area contributed by atoms with Crippen LogP contribution in [-0.4, -0.2) is 10.8 Å². The van der Waals surface area contributed by atoms with Gasteiger partial charge in [-0.15, -0.1) is 11.3 Å². The van der Waals surface area contributed by atoms with Crippen molar-refractivity contribution in [1.29, 1.82) is 0 Å². The highest BCUT2D eigenvalue weighted by Crippen LogP contribution is 2.13. The van der Waals surface area contributed by atoms with Crippen LogP contribution in [0.25, 0.3) is 0 Å². The van der Waals surface area contributed by atoms with Crippen molar-refractivity contribution >= 4 is 28.7 Å². The van der Waals surface area contributed by atoms with E-state index < -0.39 is 0 Å². The molecule has 0 radical (unpaired) electrons. The highest BCUT2D eigenvalue weighted by Gasteiger charge is 2.07. The lowest BCUT2D eigenvalue weighted by Gasteiger charge is -1.99. The Kier molecular flexibility index (Phi) is 3.92. The topological polar surface area (TPSA) is 30.0 Å². The third-order valence-corrected chi connectivity index (χ3v) is 3.55. The third kappa shape index (κ3) is 3.65. The summed E-state index contributed by atoms with van der Waals surface area (Å²) in [4.78, 5) is 16.1. The summed E-state index contributed by atoms with van der Waals surface area (Å²) in [6.07, 6.45) is 0.858. The van der Waals surface area contributed by atoms with Crippen molar-refractivity contribution in [3.8, 4) is 0 Å². The summed E-state index contributed by atoms with van der Waals surface area (Å²) in [5.41, 5.74) is 1.97. The summed E-state index contributed by atoms with van der Waals surface area (Å²) in [5.74, 6) is 0.182. The molecule has 0 N–H and O–H groups in total. The van der Waals surface area contributed by atoms with E-state index in [1.54, 1.807) is 12.1 Å². The van der Waals surface area contributed by atoms with E-state index in [-0.39, 0.29) is 5.78 Å². The molecule has 0 amide bonds. The number of nitrogens with zero attached hydrogens (tertiary/aromatic N) is 1. The van der Waals surface area contributed by atoms with Gasteiger partial charge in [-0.3, -0.25) is 4.79 Å². The van der Waals surface area contributed by atoms with Crippen LogP contribution in [0.15, 0.2) is 29.6 Å². The number of Topliss-reactive ketones (excluding diaryl/α,β-unsaturated/α-hetero) is 1. The first-order valence-corrected chi connectivity index (χ1v) is 6.56. The molecule has 0 bridgehead atoms. The molecule has 2 nitrogen and oxygen atoms in total. The fraction of sp³-hybridized carbons (Fsp3) is 0.231. The largest absolute Gasteiger partial charge is 0.299 e. The minimum absolute atomic E-state index is 0.182. The van der Waals surface area contributed by atoms with E-state index in [9.17, 15) is 4.79 Å². The van der Waals surface area contributed by atoms with Gasteiger partial charge < -0.3 is 0 Å². The second-order valence-electron chi connectivity index (χ2n) is 3.90.